The van der Waals surface area contributed by atoms with Gasteiger partial charge in [-0.1, -0.05) is 12.1 Å². The van der Waals surface area contributed by atoms with Crippen molar-refractivity contribution in [2.75, 3.05) is 19.6 Å². The average molecular weight is 292 g/mol. The van der Waals surface area contributed by atoms with Gasteiger partial charge in [-0.05, 0) is 51.8 Å². The molecule has 0 aliphatic rings. The number of hydrogen-bond acceptors (Lipinski definition) is 3. The van der Waals surface area contributed by atoms with Crippen molar-refractivity contribution in [1.82, 2.24) is 4.90 Å². The summed E-state index contributed by atoms with van der Waals surface area (Å²) in [5.74, 6) is 0.811. The van der Waals surface area contributed by atoms with Gasteiger partial charge in [0.15, 0.2) is 0 Å². The normalized spacial score (nSPS) is 12.3. The van der Waals surface area contributed by atoms with Crippen LogP contribution in [0.5, 0.6) is 5.75 Å². The fourth-order valence-electron chi connectivity index (χ4n) is 2.37. The van der Waals surface area contributed by atoms with Gasteiger partial charge in [-0.3, -0.25) is 4.79 Å². The summed E-state index contributed by atoms with van der Waals surface area (Å²) in [4.78, 5) is 14.3. The second-order valence-electron chi connectivity index (χ2n) is 5.46. The molecule has 0 saturated heterocycles. The van der Waals surface area contributed by atoms with Gasteiger partial charge >= 0.3 is 0 Å². The van der Waals surface area contributed by atoms with E-state index in [0.717, 1.165) is 24.4 Å². The molecule has 0 aliphatic heterocycles. The molecule has 1 aromatic rings. The van der Waals surface area contributed by atoms with Crippen LogP contribution in [0.15, 0.2) is 24.3 Å². The molecule has 4 heteroatoms. The molecule has 0 aromatic heterocycles. The summed E-state index contributed by atoms with van der Waals surface area (Å²) >= 11 is 0. The Morgan fingerprint density at radius 3 is 2.48 bits per heavy atom. The maximum Gasteiger partial charge on any atom is 0.227 e. The van der Waals surface area contributed by atoms with Crippen LogP contribution in [0.4, 0.5) is 0 Å². The van der Waals surface area contributed by atoms with Crippen molar-refractivity contribution in [1.29, 1.82) is 0 Å². The highest BCUT2D eigenvalue weighted by molar-refractivity contribution is 5.79. The molecule has 21 heavy (non-hydrogen) atoms. The van der Waals surface area contributed by atoms with Gasteiger partial charge in [0.1, 0.15) is 5.75 Å². The predicted molar refractivity (Wildman–Crippen MR) is 86.4 cm³/mol. The Bertz CT molecular complexity index is 442. The van der Waals surface area contributed by atoms with Gasteiger partial charge in [0, 0.05) is 19.6 Å². The lowest BCUT2D eigenvalue weighted by atomic mass is 9.97. The van der Waals surface area contributed by atoms with E-state index in [9.17, 15) is 4.79 Å². The quantitative estimate of drug-likeness (QED) is 0.801. The third kappa shape index (κ3) is 5.38. The molecule has 0 aliphatic carbocycles. The standard InChI is InChI=1S/C17H28N2O2/c1-5-19(6-2)17(20)15(12-18)10-14-8-7-9-16(11-14)21-13(3)4/h7-9,11,13,15H,5-6,10,12,18H2,1-4H3. The van der Waals surface area contributed by atoms with Crippen LogP contribution in [0.1, 0.15) is 33.3 Å². The van der Waals surface area contributed by atoms with Gasteiger partial charge in [0.25, 0.3) is 0 Å². The molecule has 0 saturated carbocycles. The predicted octanol–water partition coefficient (Wildman–Crippen LogP) is 2.46. The minimum atomic E-state index is -0.167. The number of carbonyl (C=O) groups is 1. The molecule has 0 bridgehead atoms. The third-order valence-corrected chi connectivity index (χ3v) is 3.46. The molecular weight excluding hydrogens is 264 g/mol. The fourth-order valence-corrected chi connectivity index (χ4v) is 2.37. The largest absolute Gasteiger partial charge is 0.491 e. The van der Waals surface area contributed by atoms with Gasteiger partial charge in [0.2, 0.25) is 5.91 Å². The molecule has 1 aromatic carbocycles. The van der Waals surface area contributed by atoms with E-state index in [1.54, 1.807) is 0 Å². The van der Waals surface area contributed by atoms with Crippen LogP contribution >= 0.6 is 0 Å². The number of nitrogens with zero attached hydrogens (tertiary/aromatic N) is 1. The molecule has 118 valence electrons. The van der Waals surface area contributed by atoms with E-state index in [4.69, 9.17) is 10.5 Å². The smallest absolute Gasteiger partial charge is 0.227 e. The van der Waals surface area contributed by atoms with Crippen molar-refractivity contribution in [2.45, 2.75) is 40.2 Å². The van der Waals surface area contributed by atoms with Gasteiger partial charge in [0.05, 0.1) is 12.0 Å². The van der Waals surface area contributed by atoms with E-state index in [1.807, 2.05) is 56.9 Å². The summed E-state index contributed by atoms with van der Waals surface area (Å²) in [6.45, 7) is 9.80. The maximum atomic E-state index is 12.4. The third-order valence-electron chi connectivity index (χ3n) is 3.46. The monoisotopic (exact) mass is 292 g/mol. The van der Waals surface area contributed by atoms with E-state index in [-0.39, 0.29) is 17.9 Å². The minimum absolute atomic E-state index is 0.137. The zero-order chi connectivity index (χ0) is 15.8. The Morgan fingerprint density at radius 2 is 1.95 bits per heavy atom. The van der Waals surface area contributed by atoms with Crippen LogP contribution in [-0.4, -0.2) is 36.5 Å². The van der Waals surface area contributed by atoms with Crippen LogP contribution < -0.4 is 10.5 Å². The number of rotatable bonds is 8. The van der Waals surface area contributed by atoms with Crippen molar-refractivity contribution < 1.29 is 9.53 Å². The first-order valence-electron chi connectivity index (χ1n) is 7.76. The Kier molecular flexibility index (Phi) is 7.23. The van der Waals surface area contributed by atoms with Crippen LogP contribution in [0.25, 0.3) is 0 Å². The summed E-state index contributed by atoms with van der Waals surface area (Å²) in [6, 6.07) is 7.92. The zero-order valence-electron chi connectivity index (χ0n) is 13.6. The molecule has 4 nitrogen and oxygen atoms in total. The highest BCUT2D eigenvalue weighted by Crippen LogP contribution is 2.18. The van der Waals surface area contributed by atoms with Crippen LogP contribution in [0.3, 0.4) is 0 Å². The summed E-state index contributed by atoms with van der Waals surface area (Å²) < 4.78 is 5.69. The maximum absolute atomic E-state index is 12.4. The molecule has 1 unspecified atom stereocenters. The molecule has 1 atom stereocenters. The summed E-state index contributed by atoms with van der Waals surface area (Å²) in [7, 11) is 0. The number of amides is 1. The van der Waals surface area contributed by atoms with E-state index in [0.29, 0.717) is 13.0 Å². The van der Waals surface area contributed by atoms with Crippen LogP contribution in [-0.2, 0) is 11.2 Å². The van der Waals surface area contributed by atoms with Crippen molar-refractivity contribution in [2.24, 2.45) is 11.7 Å². The van der Waals surface area contributed by atoms with Crippen LogP contribution in [0, 0.1) is 5.92 Å². The Balaban J connectivity index is 2.79. The van der Waals surface area contributed by atoms with Crippen LogP contribution in [0.2, 0.25) is 0 Å². The molecule has 0 heterocycles. The lowest BCUT2D eigenvalue weighted by molar-refractivity contribution is -0.134. The van der Waals surface area contributed by atoms with Gasteiger partial charge < -0.3 is 15.4 Å². The highest BCUT2D eigenvalue weighted by Gasteiger charge is 2.21. The topological polar surface area (TPSA) is 55.6 Å². The number of nitrogens with two attached hydrogens (primary N) is 1. The number of hydrogen-bond donors (Lipinski definition) is 1. The Morgan fingerprint density at radius 1 is 1.29 bits per heavy atom. The molecule has 1 rings (SSSR count). The lowest BCUT2D eigenvalue weighted by Gasteiger charge is -2.24. The number of ether oxygens (including phenoxy) is 1. The molecular formula is C17H28N2O2. The van der Waals surface area contributed by atoms with E-state index < -0.39 is 0 Å². The fraction of sp³-hybridized carbons (Fsp3) is 0.588. The van der Waals surface area contributed by atoms with E-state index >= 15 is 0 Å². The van der Waals surface area contributed by atoms with Crippen molar-refractivity contribution in [3.63, 3.8) is 0 Å². The summed E-state index contributed by atoms with van der Waals surface area (Å²) in [6.07, 6.45) is 0.795. The second-order valence-corrected chi connectivity index (χ2v) is 5.46. The average Bonchev–Trinajstić information content (AvgIpc) is 2.45. The minimum Gasteiger partial charge on any atom is -0.491 e. The second kappa shape index (κ2) is 8.67. The first kappa shape index (κ1) is 17.5. The first-order valence-corrected chi connectivity index (χ1v) is 7.76. The Labute approximate surface area is 128 Å². The van der Waals surface area contributed by atoms with Gasteiger partial charge in [-0.15, -0.1) is 0 Å². The Hall–Kier alpha value is -1.55. The molecule has 0 radical (unpaired) electrons. The van der Waals surface area contributed by atoms with Crippen molar-refractivity contribution >= 4 is 5.91 Å². The van der Waals surface area contributed by atoms with E-state index in [2.05, 4.69) is 0 Å². The first-order chi connectivity index (χ1) is 10.0. The van der Waals surface area contributed by atoms with Crippen molar-refractivity contribution in [3.8, 4) is 5.75 Å². The summed E-state index contributed by atoms with van der Waals surface area (Å²) in [5.41, 5.74) is 6.90. The number of carbonyl (C=O) groups excluding carboxylic acids is 1. The van der Waals surface area contributed by atoms with Gasteiger partial charge in [-0.25, -0.2) is 0 Å². The zero-order valence-corrected chi connectivity index (χ0v) is 13.6. The van der Waals surface area contributed by atoms with Crippen molar-refractivity contribution in [3.05, 3.63) is 29.8 Å². The SMILES string of the molecule is CCN(CC)C(=O)C(CN)Cc1cccc(OC(C)C)c1. The molecule has 0 fully saturated rings. The molecule has 0 spiro atoms. The van der Waals surface area contributed by atoms with Gasteiger partial charge in [-0.2, -0.15) is 0 Å². The molecule has 2 N–H and O–H groups in total. The van der Waals surface area contributed by atoms with E-state index in [1.165, 1.54) is 0 Å². The molecule has 1 amide bonds. The summed E-state index contributed by atoms with van der Waals surface area (Å²) in [5, 5.41) is 0. The lowest BCUT2D eigenvalue weighted by Crippen LogP contribution is -2.39. The number of benzene rings is 1. The highest BCUT2D eigenvalue weighted by atomic mass is 16.5.